The average molecular weight is 623 g/mol. The lowest BCUT2D eigenvalue weighted by Gasteiger charge is -2.27. The quantitative estimate of drug-likeness (QED) is 0.182. The molecule has 0 bridgehead atoms. The monoisotopic (exact) mass is 622 g/mol. The molecule has 0 fully saturated rings. The molecule has 9 aromatic rings. The molecule has 49 heavy (non-hydrogen) atoms. The van der Waals surface area contributed by atoms with E-state index < -0.39 is 0 Å². The van der Waals surface area contributed by atoms with Crippen molar-refractivity contribution in [2.24, 2.45) is 0 Å². The molecular formula is C47H30N2. The topological polar surface area (TPSA) is 16.1 Å². The highest BCUT2D eigenvalue weighted by Crippen LogP contribution is 2.51. The third kappa shape index (κ3) is 4.38. The molecule has 228 valence electrons. The van der Waals surface area contributed by atoms with Gasteiger partial charge in [0.1, 0.15) is 0 Å². The minimum atomic E-state index is 0.957. The molecule has 2 heteroatoms. The van der Waals surface area contributed by atoms with Gasteiger partial charge in [0.25, 0.3) is 0 Å². The van der Waals surface area contributed by atoms with E-state index in [9.17, 15) is 0 Å². The summed E-state index contributed by atoms with van der Waals surface area (Å²) in [5, 5.41) is 7.64. The first-order chi connectivity index (χ1) is 24.3. The maximum absolute atomic E-state index is 5.29. The highest BCUT2D eigenvalue weighted by Gasteiger charge is 2.26. The molecule has 0 amide bonds. The lowest BCUT2D eigenvalue weighted by Crippen LogP contribution is -2.10. The Kier molecular flexibility index (Phi) is 6.22. The molecule has 0 radical (unpaired) electrons. The molecule has 1 aliphatic heterocycles. The van der Waals surface area contributed by atoms with Crippen molar-refractivity contribution in [3.05, 3.63) is 182 Å². The molecule has 1 aliphatic rings. The Bertz CT molecular complexity index is 2690. The predicted octanol–water partition coefficient (Wildman–Crippen LogP) is 13.0. The zero-order valence-corrected chi connectivity index (χ0v) is 26.7. The third-order valence-electron chi connectivity index (χ3n) is 9.99. The fourth-order valence-electron chi connectivity index (χ4n) is 7.76. The molecule has 0 N–H and O–H groups in total. The summed E-state index contributed by atoms with van der Waals surface area (Å²) in [4.78, 5) is 7.67. The van der Waals surface area contributed by atoms with Gasteiger partial charge >= 0.3 is 0 Å². The summed E-state index contributed by atoms with van der Waals surface area (Å²) < 4.78 is 0. The fourth-order valence-corrected chi connectivity index (χ4v) is 7.76. The van der Waals surface area contributed by atoms with E-state index in [-0.39, 0.29) is 0 Å². The average Bonchev–Trinajstić information content (AvgIpc) is 3.30. The number of nitrogens with zero attached hydrogens (tertiary/aromatic N) is 2. The molecule has 1 aromatic heterocycles. The minimum absolute atomic E-state index is 0.957. The van der Waals surface area contributed by atoms with E-state index in [0.29, 0.717) is 0 Å². The van der Waals surface area contributed by atoms with Crippen LogP contribution in [0.1, 0.15) is 0 Å². The number of hydrogen-bond acceptors (Lipinski definition) is 2. The van der Waals surface area contributed by atoms with Gasteiger partial charge in [0.2, 0.25) is 0 Å². The second kappa shape index (κ2) is 11.0. The van der Waals surface area contributed by atoms with Gasteiger partial charge in [0.15, 0.2) is 0 Å². The van der Waals surface area contributed by atoms with Crippen molar-refractivity contribution < 1.29 is 0 Å². The normalized spacial score (nSPS) is 12.0. The molecule has 2 heterocycles. The van der Waals surface area contributed by atoms with E-state index in [2.05, 4.69) is 187 Å². The number of fused-ring (bicyclic) bond motifs is 11. The summed E-state index contributed by atoms with van der Waals surface area (Å²) >= 11 is 0. The Morgan fingerprint density at radius 3 is 1.45 bits per heavy atom. The second-order valence-corrected chi connectivity index (χ2v) is 12.7. The largest absolute Gasteiger partial charge is 0.309 e. The lowest BCUT2D eigenvalue weighted by molar-refractivity contribution is 1.29. The van der Waals surface area contributed by atoms with Crippen LogP contribution in [0.25, 0.3) is 77.1 Å². The van der Waals surface area contributed by atoms with Crippen molar-refractivity contribution in [3.8, 4) is 44.8 Å². The van der Waals surface area contributed by atoms with Gasteiger partial charge in [0.05, 0.1) is 22.8 Å². The minimum Gasteiger partial charge on any atom is -0.309 e. The van der Waals surface area contributed by atoms with Crippen LogP contribution in [0.5, 0.6) is 0 Å². The number of para-hydroxylation sites is 3. The van der Waals surface area contributed by atoms with E-state index >= 15 is 0 Å². The van der Waals surface area contributed by atoms with Gasteiger partial charge in [-0.3, -0.25) is 0 Å². The van der Waals surface area contributed by atoms with Gasteiger partial charge in [-0.05, 0) is 92.0 Å². The molecule has 10 rings (SSSR count). The van der Waals surface area contributed by atoms with E-state index in [1.54, 1.807) is 0 Å². The molecule has 0 aliphatic carbocycles. The number of benzene rings is 8. The van der Waals surface area contributed by atoms with Crippen molar-refractivity contribution in [1.82, 2.24) is 4.98 Å². The van der Waals surface area contributed by atoms with E-state index in [1.165, 1.54) is 60.3 Å². The molecule has 0 spiro atoms. The Balaban J connectivity index is 1.13. The summed E-state index contributed by atoms with van der Waals surface area (Å²) in [5.74, 6) is 0. The van der Waals surface area contributed by atoms with Crippen molar-refractivity contribution >= 4 is 49.4 Å². The van der Waals surface area contributed by atoms with Crippen LogP contribution in [0, 0.1) is 0 Å². The highest BCUT2D eigenvalue weighted by molar-refractivity contribution is 6.25. The highest BCUT2D eigenvalue weighted by atomic mass is 15.1. The van der Waals surface area contributed by atoms with Gasteiger partial charge < -0.3 is 4.90 Å². The number of anilines is 3. The maximum atomic E-state index is 5.29. The molecule has 0 saturated carbocycles. The summed E-state index contributed by atoms with van der Waals surface area (Å²) in [5.41, 5.74) is 12.4. The van der Waals surface area contributed by atoms with Crippen LogP contribution in [0.4, 0.5) is 17.1 Å². The SMILES string of the molecule is c1ccc(N2c3ccccc3-c3ccc(-c4cccc(-c5ccc6c7ccccc7c7ccccc7c6c5)n4)cc3-c3ccccc32)cc1. The zero-order chi connectivity index (χ0) is 32.3. The van der Waals surface area contributed by atoms with Gasteiger partial charge in [-0.1, -0.05) is 133 Å². The van der Waals surface area contributed by atoms with E-state index in [1.807, 2.05) is 0 Å². The summed E-state index contributed by atoms with van der Waals surface area (Å²) in [6.45, 7) is 0. The lowest BCUT2D eigenvalue weighted by atomic mass is 9.92. The maximum Gasteiger partial charge on any atom is 0.0709 e. The number of aromatic nitrogens is 1. The summed E-state index contributed by atoms with van der Waals surface area (Å²) in [6.07, 6.45) is 0. The smallest absolute Gasteiger partial charge is 0.0709 e. The van der Waals surface area contributed by atoms with Crippen molar-refractivity contribution in [2.45, 2.75) is 0 Å². The Morgan fingerprint density at radius 2 is 0.796 bits per heavy atom. The van der Waals surface area contributed by atoms with Crippen LogP contribution in [0.3, 0.4) is 0 Å². The fraction of sp³-hybridized carbons (Fsp3) is 0. The van der Waals surface area contributed by atoms with E-state index in [4.69, 9.17) is 4.98 Å². The predicted molar refractivity (Wildman–Crippen MR) is 207 cm³/mol. The molecule has 0 atom stereocenters. The van der Waals surface area contributed by atoms with Crippen LogP contribution >= 0.6 is 0 Å². The zero-order valence-electron chi connectivity index (χ0n) is 26.7. The van der Waals surface area contributed by atoms with Gasteiger partial charge in [-0.25, -0.2) is 4.98 Å². The third-order valence-corrected chi connectivity index (χ3v) is 9.99. The molecular weight excluding hydrogens is 593 g/mol. The number of hydrogen-bond donors (Lipinski definition) is 0. The Labute approximate surface area is 285 Å². The molecule has 0 saturated heterocycles. The van der Waals surface area contributed by atoms with Gasteiger partial charge in [-0.15, -0.1) is 0 Å². The van der Waals surface area contributed by atoms with Crippen molar-refractivity contribution in [1.29, 1.82) is 0 Å². The Hall–Kier alpha value is -6.51. The van der Waals surface area contributed by atoms with Crippen LogP contribution in [-0.4, -0.2) is 4.98 Å². The first-order valence-electron chi connectivity index (χ1n) is 16.8. The first kappa shape index (κ1) is 27.6. The standard InChI is InChI=1S/C47H30N2/c1-2-13-33(14-3-1)49-46-23-10-8-19-40(46)39-28-26-32(30-43(39)41-20-9-11-24-47(41)49)45-22-12-21-44(48-45)31-25-27-38-36-17-5-4-15-34(36)35-16-6-7-18-37(35)42(38)29-31/h1-30H. The van der Waals surface area contributed by atoms with Crippen molar-refractivity contribution in [2.75, 3.05) is 4.90 Å². The second-order valence-electron chi connectivity index (χ2n) is 12.7. The van der Waals surface area contributed by atoms with Crippen molar-refractivity contribution in [3.63, 3.8) is 0 Å². The molecule has 8 aromatic carbocycles. The van der Waals surface area contributed by atoms with E-state index in [0.717, 1.165) is 33.9 Å². The van der Waals surface area contributed by atoms with Crippen LogP contribution in [0.2, 0.25) is 0 Å². The number of rotatable bonds is 3. The molecule has 2 nitrogen and oxygen atoms in total. The number of pyridine rings is 1. The summed E-state index contributed by atoms with van der Waals surface area (Å²) in [6, 6.07) is 65.6. The Morgan fingerprint density at radius 1 is 0.306 bits per heavy atom. The molecule has 0 unspecified atom stereocenters. The van der Waals surface area contributed by atoms with Crippen LogP contribution in [-0.2, 0) is 0 Å². The first-order valence-corrected chi connectivity index (χ1v) is 16.8. The van der Waals surface area contributed by atoms with Gasteiger partial charge in [-0.2, -0.15) is 0 Å². The van der Waals surface area contributed by atoms with Crippen LogP contribution < -0.4 is 4.90 Å². The van der Waals surface area contributed by atoms with Crippen LogP contribution in [0.15, 0.2) is 182 Å². The van der Waals surface area contributed by atoms with Gasteiger partial charge in [0, 0.05) is 27.9 Å². The summed E-state index contributed by atoms with van der Waals surface area (Å²) in [7, 11) is 0.